The van der Waals surface area contributed by atoms with Gasteiger partial charge in [0.2, 0.25) is 0 Å². The standard InChI is InChI=1S/C13H28N4/c1-6-8-17(10-9-16(4)5)12-13(3,11-14)15-7-2/h15H,6-10,12H2,1-5H3. The van der Waals surface area contributed by atoms with E-state index in [2.05, 4.69) is 42.2 Å². The Morgan fingerprint density at radius 2 is 1.82 bits per heavy atom. The summed E-state index contributed by atoms with van der Waals surface area (Å²) in [5.41, 5.74) is -0.434. The molecule has 0 rings (SSSR count). The van der Waals surface area contributed by atoms with Gasteiger partial charge in [-0.1, -0.05) is 13.8 Å². The molecule has 1 N–H and O–H groups in total. The van der Waals surface area contributed by atoms with Crippen molar-refractivity contribution in [2.45, 2.75) is 32.7 Å². The number of hydrogen-bond donors (Lipinski definition) is 1. The molecule has 100 valence electrons. The van der Waals surface area contributed by atoms with Crippen molar-refractivity contribution in [1.29, 1.82) is 5.26 Å². The fraction of sp³-hybridized carbons (Fsp3) is 0.923. The maximum Gasteiger partial charge on any atom is 0.116 e. The Kier molecular flexibility index (Phi) is 8.15. The molecule has 1 atom stereocenters. The lowest BCUT2D eigenvalue weighted by Gasteiger charge is -2.31. The second-order valence-electron chi connectivity index (χ2n) is 5.05. The van der Waals surface area contributed by atoms with E-state index in [0.29, 0.717) is 0 Å². The molecule has 4 heteroatoms. The Balaban J connectivity index is 4.35. The van der Waals surface area contributed by atoms with E-state index in [1.165, 1.54) is 0 Å². The molecule has 0 fully saturated rings. The van der Waals surface area contributed by atoms with E-state index < -0.39 is 5.54 Å². The van der Waals surface area contributed by atoms with Crippen LogP contribution in [0.2, 0.25) is 0 Å². The summed E-state index contributed by atoms with van der Waals surface area (Å²) in [7, 11) is 4.16. The summed E-state index contributed by atoms with van der Waals surface area (Å²) in [5, 5.41) is 12.5. The Bertz CT molecular complexity index is 234. The number of nitriles is 1. The van der Waals surface area contributed by atoms with Crippen molar-refractivity contribution in [3.8, 4) is 6.07 Å². The second kappa shape index (κ2) is 8.46. The van der Waals surface area contributed by atoms with Gasteiger partial charge in [-0.2, -0.15) is 5.26 Å². The van der Waals surface area contributed by atoms with Crippen molar-refractivity contribution in [3.05, 3.63) is 0 Å². The zero-order valence-electron chi connectivity index (χ0n) is 12.1. The molecular formula is C13H28N4. The summed E-state index contributed by atoms with van der Waals surface area (Å²) in [5.74, 6) is 0. The van der Waals surface area contributed by atoms with Gasteiger partial charge in [0.25, 0.3) is 0 Å². The Morgan fingerprint density at radius 1 is 1.18 bits per heavy atom. The SMILES string of the molecule is CCCN(CCN(C)C)CC(C)(C#N)NCC. The first-order chi connectivity index (χ1) is 7.97. The maximum absolute atomic E-state index is 9.26. The van der Waals surface area contributed by atoms with Gasteiger partial charge in [-0.15, -0.1) is 0 Å². The first-order valence-corrected chi connectivity index (χ1v) is 6.50. The van der Waals surface area contributed by atoms with Gasteiger partial charge in [0.1, 0.15) is 5.54 Å². The number of hydrogen-bond acceptors (Lipinski definition) is 4. The average molecular weight is 240 g/mol. The average Bonchev–Trinajstić information content (AvgIpc) is 2.26. The molecule has 0 heterocycles. The van der Waals surface area contributed by atoms with Gasteiger partial charge in [-0.25, -0.2) is 0 Å². The summed E-state index contributed by atoms with van der Waals surface area (Å²) in [6, 6.07) is 2.39. The molecule has 0 aromatic carbocycles. The summed E-state index contributed by atoms with van der Waals surface area (Å²) in [6.07, 6.45) is 1.13. The number of rotatable bonds is 9. The van der Waals surface area contributed by atoms with Gasteiger partial charge in [0.15, 0.2) is 0 Å². The molecule has 0 saturated carbocycles. The molecule has 0 aromatic rings. The molecule has 4 nitrogen and oxygen atoms in total. The van der Waals surface area contributed by atoms with Crippen LogP contribution in [0.3, 0.4) is 0 Å². The lowest BCUT2D eigenvalue weighted by atomic mass is 10.0. The minimum Gasteiger partial charge on any atom is -0.308 e. The Labute approximate surface area is 107 Å². The van der Waals surface area contributed by atoms with Crippen molar-refractivity contribution in [2.75, 3.05) is 46.8 Å². The number of nitrogens with one attached hydrogen (secondary N) is 1. The highest BCUT2D eigenvalue weighted by Crippen LogP contribution is 2.06. The van der Waals surface area contributed by atoms with Crippen molar-refractivity contribution in [1.82, 2.24) is 15.1 Å². The van der Waals surface area contributed by atoms with Crippen molar-refractivity contribution in [3.63, 3.8) is 0 Å². The largest absolute Gasteiger partial charge is 0.308 e. The summed E-state index contributed by atoms with van der Waals surface area (Å²) < 4.78 is 0. The molecule has 0 amide bonds. The molecular weight excluding hydrogens is 212 g/mol. The molecule has 0 saturated heterocycles. The van der Waals surface area contributed by atoms with Crippen LogP contribution < -0.4 is 5.32 Å². The van der Waals surface area contributed by atoms with E-state index in [1.54, 1.807) is 0 Å². The van der Waals surface area contributed by atoms with Gasteiger partial charge in [0, 0.05) is 19.6 Å². The highest BCUT2D eigenvalue weighted by Gasteiger charge is 2.25. The Hall–Kier alpha value is -0.630. The summed E-state index contributed by atoms with van der Waals surface area (Å²) in [4.78, 5) is 4.55. The molecule has 0 aliphatic rings. The summed E-state index contributed by atoms with van der Waals surface area (Å²) >= 11 is 0. The van der Waals surface area contributed by atoms with Gasteiger partial charge < -0.3 is 4.90 Å². The minimum atomic E-state index is -0.434. The van der Waals surface area contributed by atoms with E-state index in [-0.39, 0.29) is 0 Å². The second-order valence-corrected chi connectivity index (χ2v) is 5.05. The van der Waals surface area contributed by atoms with Gasteiger partial charge in [-0.3, -0.25) is 10.2 Å². The van der Waals surface area contributed by atoms with Crippen LogP contribution in [0.25, 0.3) is 0 Å². The molecule has 0 radical (unpaired) electrons. The predicted octanol–water partition coefficient (Wildman–Crippen LogP) is 1.15. The van der Waals surface area contributed by atoms with E-state index in [1.807, 2.05) is 13.8 Å². The highest BCUT2D eigenvalue weighted by atomic mass is 15.2. The molecule has 0 spiro atoms. The van der Waals surface area contributed by atoms with Crippen LogP contribution >= 0.6 is 0 Å². The Morgan fingerprint density at radius 3 is 2.24 bits per heavy atom. The molecule has 0 aliphatic heterocycles. The third-order valence-electron chi connectivity index (χ3n) is 2.76. The van der Waals surface area contributed by atoms with Gasteiger partial charge in [0.05, 0.1) is 6.07 Å². The van der Waals surface area contributed by atoms with Gasteiger partial charge >= 0.3 is 0 Å². The fourth-order valence-corrected chi connectivity index (χ4v) is 1.90. The highest BCUT2D eigenvalue weighted by molar-refractivity contribution is 5.05. The van der Waals surface area contributed by atoms with Crippen LogP contribution in [0, 0.1) is 11.3 Å². The predicted molar refractivity (Wildman–Crippen MR) is 73.0 cm³/mol. The van der Waals surface area contributed by atoms with E-state index >= 15 is 0 Å². The fourth-order valence-electron chi connectivity index (χ4n) is 1.90. The molecule has 0 aliphatic carbocycles. The third kappa shape index (κ3) is 7.32. The number of likely N-dealkylation sites (N-methyl/N-ethyl adjacent to an activating group) is 2. The van der Waals surface area contributed by atoms with E-state index in [0.717, 1.165) is 39.1 Å². The lowest BCUT2D eigenvalue weighted by Crippen LogP contribution is -2.51. The molecule has 17 heavy (non-hydrogen) atoms. The van der Waals surface area contributed by atoms with Crippen LogP contribution in [0.4, 0.5) is 0 Å². The van der Waals surface area contributed by atoms with Crippen LogP contribution in [-0.2, 0) is 0 Å². The lowest BCUT2D eigenvalue weighted by molar-refractivity contribution is 0.202. The van der Waals surface area contributed by atoms with E-state index in [4.69, 9.17) is 0 Å². The van der Waals surface area contributed by atoms with Gasteiger partial charge in [-0.05, 0) is 40.5 Å². The van der Waals surface area contributed by atoms with Crippen molar-refractivity contribution in [2.24, 2.45) is 0 Å². The third-order valence-corrected chi connectivity index (χ3v) is 2.76. The normalized spacial score (nSPS) is 14.9. The smallest absolute Gasteiger partial charge is 0.116 e. The zero-order valence-corrected chi connectivity index (χ0v) is 12.1. The number of nitrogens with zero attached hydrogens (tertiary/aromatic N) is 3. The van der Waals surface area contributed by atoms with Crippen molar-refractivity contribution < 1.29 is 0 Å². The first-order valence-electron chi connectivity index (χ1n) is 6.50. The van der Waals surface area contributed by atoms with Crippen LogP contribution in [0.5, 0.6) is 0 Å². The minimum absolute atomic E-state index is 0.434. The monoisotopic (exact) mass is 240 g/mol. The van der Waals surface area contributed by atoms with Crippen molar-refractivity contribution >= 4 is 0 Å². The van der Waals surface area contributed by atoms with Crippen LogP contribution in [-0.4, -0.2) is 62.2 Å². The zero-order chi connectivity index (χ0) is 13.3. The molecule has 0 bridgehead atoms. The van der Waals surface area contributed by atoms with E-state index in [9.17, 15) is 5.26 Å². The van der Waals surface area contributed by atoms with Crippen LogP contribution in [0.1, 0.15) is 27.2 Å². The molecule has 0 aromatic heterocycles. The maximum atomic E-state index is 9.26. The topological polar surface area (TPSA) is 42.3 Å². The van der Waals surface area contributed by atoms with Crippen LogP contribution in [0.15, 0.2) is 0 Å². The quantitative estimate of drug-likeness (QED) is 0.656. The summed E-state index contributed by atoms with van der Waals surface area (Å²) in [6.45, 7) is 10.9. The first kappa shape index (κ1) is 16.4. The molecule has 1 unspecified atom stereocenters.